The van der Waals surface area contributed by atoms with Crippen molar-refractivity contribution in [2.45, 2.75) is 0 Å². The lowest BCUT2D eigenvalue weighted by molar-refractivity contribution is 1.29. The summed E-state index contributed by atoms with van der Waals surface area (Å²) >= 11 is 3.73. The molecule has 55 heavy (non-hydrogen) atoms. The molecule has 0 N–H and O–H groups in total. The molecule has 0 aliphatic rings. The van der Waals surface area contributed by atoms with Gasteiger partial charge in [-0.05, 0) is 99.3 Å². The Morgan fingerprint density at radius 2 is 0.855 bits per heavy atom. The molecule has 0 bridgehead atoms. The molecule has 0 aliphatic carbocycles. The predicted octanol–water partition coefficient (Wildman–Crippen LogP) is 16.0. The van der Waals surface area contributed by atoms with Crippen molar-refractivity contribution in [1.29, 1.82) is 0 Å². The van der Waals surface area contributed by atoms with E-state index in [1.807, 2.05) is 22.7 Å². The summed E-state index contributed by atoms with van der Waals surface area (Å²) < 4.78 is 5.26. The molecule has 0 fully saturated rings. The molecule has 0 unspecified atom stereocenters. The monoisotopic (exact) mass is 735 g/mol. The van der Waals surface area contributed by atoms with Gasteiger partial charge in [0.2, 0.25) is 0 Å². The Kier molecular flexibility index (Phi) is 7.61. The zero-order valence-corrected chi connectivity index (χ0v) is 31.4. The van der Waals surface area contributed by atoms with Crippen LogP contribution in [0.25, 0.3) is 84.5 Å². The zero-order valence-electron chi connectivity index (χ0n) is 29.8. The summed E-state index contributed by atoms with van der Waals surface area (Å²) in [6.45, 7) is 0. The fourth-order valence-electron chi connectivity index (χ4n) is 8.23. The SMILES string of the molecule is c1cc(-c2ccccc2N(c2ccc(-c3ccc4c(c3)sc3ccccc34)cc2)c2ccc3sc4ccccc4c3c2)cc(-c2cccc3ccccc23)c1. The van der Waals surface area contributed by atoms with Crippen LogP contribution in [0.1, 0.15) is 0 Å². The largest absolute Gasteiger partial charge is 0.310 e. The second-order valence-electron chi connectivity index (χ2n) is 14.1. The molecular weight excluding hydrogens is 703 g/mol. The van der Waals surface area contributed by atoms with Crippen LogP contribution in [0, 0.1) is 0 Å². The summed E-state index contributed by atoms with van der Waals surface area (Å²) in [5, 5.41) is 7.75. The minimum Gasteiger partial charge on any atom is -0.310 e. The topological polar surface area (TPSA) is 3.24 Å². The van der Waals surface area contributed by atoms with Crippen LogP contribution in [-0.2, 0) is 0 Å². The van der Waals surface area contributed by atoms with Crippen molar-refractivity contribution < 1.29 is 0 Å². The van der Waals surface area contributed by atoms with Crippen molar-refractivity contribution in [2.75, 3.05) is 4.90 Å². The third-order valence-electron chi connectivity index (χ3n) is 10.9. The molecule has 2 aromatic heterocycles. The van der Waals surface area contributed by atoms with E-state index >= 15 is 0 Å². The number of rotatable bonds is 6. The van der Waals surface area contributed by atoms with Crippen molar-refractivity contribution in [1.82, 2.24) is 0 Å². The van der Waals surface area contributed by atoms with E-state index in [-0.39, 0.29) is 0 Å². The number of hydrogen-bond donors (Lipinski definition) is 0. The van der Waals surface area contributed by atoms with Crippen molar-refractivity contribution in [3.8, 4) is 33.4 Å². The average Bonchev–Trinajstić information content (AvgIpc) is 3.82. The number of thiophene rings is 2. The van der Waals surface area contributed by atoms with Gasteiger partial charge in [-0.3, -0.25) is 0 Å². The Balaban J connectivity index is 1.06. The molecule has 0 aliphatic heterocycles. The van der Waals surface area contributed by atoms with Crippen LogP contribution in [-0.4, -0.2) is 0 Å². The molecule has 0 saturated heterocycles. The maximum Gasteiger partial charge on any atom is 0.0540 e. The molecule has 11 rings (SSSR count). The lowest BCUT2D eigenvalue weighted by Gasteiger charge is -2.28. The van der Waals surface area contributed by atoms with E-state index in [1.165, 1.54) is 84.5 Å². The minimum atomic E-state index is 1.11. The number of anilines is 3. The van der Waals surface area contributed by atoms with Crippen LogP contribution in [0.5, 0.6) is 0 Å². The van der Waals surface area contributed by atoms with Crippen LogP contribution >= 0.6 is 22.7 Å². The fourth-order valence-corrected chi connectivity index (χ4v) is 10.5. The van der Waals surface area contributed by atoms with Crippen molar-refractivity contribution >= 4 is 90.9 Å². The number of fused-ring (bicyclic) bond motifs is 7. The molecule has 9 aromatic carbocycles. The highest BCUT2D eigenvalue weighted by atomic mass is 32.1. The highest BCUT2D eigenvalue weighted by Crippen LogP contribution is 2.45. The van der Waals surface area contributed by atoms with Gasteiger partial charge in [-0.1, -0.05) is 140 Å². The molecule has 11 aromatic rings. The van der Waals surface area contributed by atoms with E-state index in [4.69, 9.17) is 0 Å². The highest BCUT2D eigenvalue weighted by Gasteiger charge is 2.19. The smallest absolute Gasteiger partial charge is 0.0540 e. The van der Waals surface area contributed by atoms with Gasteiger partial charge >= 0.3 is 0 Å². The van der Waals surface area contributed by atoms with Gasteiger partial charge in [0.25, 0.3) is 0 Å². The third kappa shape index (κ3) is 5.51. The van der Waals surface area contributed by atoms with Crippen LogP contribution in [0.4, 0.5) is 17.1 Å². The Labute approximate surface area is 327 Å². The maximum absolute atomic E-state index is 2.44. The van der Waals surface area contributed by atoms with Gasteiger partial charge < -0.3 is 4.90 Å². The van der Waals surface area contributed by atoms with Crippen LogP contribution in [0.15, 0.2) is 200 Å². The van der Waals surface area contributed by atoms with Gasteiger partial charge in [-0.15, -0.1) is 22.7 Å². The standard InChI is InChI=1S/C52H33NS2/c1-2-15-41-35(11-1)12-10-19-42(41)37-13-9-14-38(31-37)43-16-3-6-20-48(43)53(40-28-30-51-47(33-40)45-18-5-8-22-50(45)54-51)39-26-23-34(24-27-39)36-25-29-46-44-17-4-7-21-49(44)55-52(46)32-36/h1-33H. The Morgan fingerprint density at radius 1 is 0.291 bits per heavy atom. The van der Waals surface area contributed by atoms with Crippen molar-refractivity contribution in [3.05, 3.63) is 200 Å². The summed E-state index contributed by atoms with van der Waals surface area (Å²) in [4.78, 5) is 2.44. The average molecular weight is 736 g/mol. The van der Waals surface area contributed by atoms with Crippen LogP contribution < -0.4 is 4.90 Å². The van der Waals surface area contributed by atoms with E-state index in [2.05, 4.69) is 205 Å². The lowest BCUT2D eigenvalue weighted by atomic mass is 9.94. The number of nitrogens with zero attached hydrogens (tertiary/aromatic N) is 1. The molecule has 0 radical (unpaired) electrons. The van der Waals surface area contributed by atoms with E-state index in [0.29, 0.717) is 0 Å². The molecular formula is C52H33NS2. The summed E-state index contributed by atoms with van der Waals surface area (Å²) in [6, 6.07) is 73.5. The third-order valence-corrected chi connectivity index (χ3v) is 13.2. The summed E-state index contributed by atoms with van der Waals surface area (Å²) in [5.41, 5.74) is 10.6. The lowest BCUT2D eigenvalue weighted by Crippen LogP contribution is -2.11. The van der Waals surface area contributed by atoms with Gasteiger partial charge in [0.15, 0.2) is 0 Å². The minimum absolute atomic E-state index is 1.11. The van der Waals surface area contributed by atoms with E-state index < -0.39 is 0 Å². The van der Waals surface area contributed by atoms with Gasteiger partial charge in [-0.2, -0.15) is 0 Å². The van der Waals surface area contributed by atoms with Gasteiger partial charge in [0.05, 0.1) is 5.69 Å². The van der Waals surface area contributed by atoms with E-state index in [0.717, 1.165) is 17.1 Å². The van der Waals surface area contributed by atoms with Crippen molar-refractivity contribution in [2.24, 2.45) is 0 Å². The van der Waals surface area contributed by atoms with Gasteiger partial charge in [-0.25, -0.2) is 0 Å². The number of hydrogen-bond acceptors (Lipinski definition) is 3. The summed E-state index contributed by atoms with van der Waals surface area (Å²) in [7, 11) is 0. The Hall–Kier alpha value is -6.52. The van der Waals surface area contributed by atoms with Gasteiger partial charge in [0, 0.05) is 57.3 Å². The Morgan fingerprint density at radius 3 is 1.69 bits per heavy atom. The number of para-hydroxylation sites is 1. The zero-order chi connectivity index (χ0) is 36.3. The molecule has 258 valence electrons. The predicted molar refractivity (Wildman–Crippen MR) is 241 cm³/mol. The second kappa shape index (κ2) is 13.1. The fraction of sp³-hybridized carbons (Fsp3) is 0. The first-order valence-corrected chi connectivity index (χ1v) is 20.3. The molecule has 3 heteroatoms. The molecule has 0 amide bonds. The van der Waals surface area contributed by atoms with E-state index in [9.17, 15) is 0 Å². The quantitative estimate of drug-likeness (QED) is 0.164. The molecule has 0 saturated carbocycles. The highest BCUT2D eigenvalue weighted by molar-refractivity contribution is 7.26. The second-order valence-corrected chi connectivity index (χ2v) is 16.3. The number of benzene rings is 9. The first kappa shape index (κ1) is 32.0. The van der Waals surface area contributed by atoms with E-state index in [1.54, 1.807) is 0 Å². The molecule has 1 nitrogen and oxygen atoms in total. The summed E-state index contributed by atoms with van der Waals surface area (Å²) in [5.74, 6) is 0. The van der Waals surface area contributed by atoms with Gasteiger partial charge in [0.1, 0.15) is 0 Å². The molecule has 0 atom stereocenters. The normalized spacial score (nSPS) is 11.6. The Bertz CT molecular complexity index is 3220. The first-order chi connectivity index (χ1) is 27.2. The van der Waals surface area contributed by atoms with Crippen LogP contribution in [0.3, 0.4) is 0 Å². The molecule has 2 heterocycles. The maximum atomic E-state index is 2.44. The van der Waals surface area contributed by atoms with Crippen molar-refractivity contribution in [3.63, 3.8) is 0 Å². The molecule has 0 spiro atoms. The van der Waals surface area contributed by atoms with Crippen LogP contribution in [0.2, 0.25) is 0 Å². The first-order valence-electron chi connectivity index (χ1n) is 18.7. The summed E-state index contributed by atoms with van der Waals surface area (Å²) in [6.07, 6.45) is 0.